The van der Waals surface area contributed by atoms with Crippen LogP contribution in [0.15, 0.2) is 24.3 Å². The van der Waals surface area contributed by atoms with Gasteiger partial charge >= 0.3 is 5.97 Å². The van der Waals surface area contributed by atoms with Gasteiger partial charge in [0.2, 0.25) is 5.91 Å². The molecule has 6 nitrogen and oxygen atoms in total. The number of allylic oxidation sites excluding steroid dienone is 4. The zero-order valence-electron chi connectivity index (χ0n) is 44.4. The van der Waals surface area contributed by atoms with Gasteiger partial charge in [0.15, 0.2) is 0 Å². The number of rotatable bonds is 55. The SMILES string of the molecule is CCC/C=C\C/C=C\CCCCCCCC(=O)OCCCCCCCCCCCCCCCCCCCCCCCCCCCCCC(=O)NC(CO)C(O)CCCCCCCCCCC. The lowest BCUT2D eigenvalue weighted by Crippen LogP contribution is -2.45. The first kappa shape index (κ1) is 64.3. The van der Waals surface area contributed by atoms with Crippen LogP contribution in [-0.2, 0) is 14.3 Å². The number of hydrogen-bond acceptors (Lipinski definition) is 5. The van der Waals surface area contributed by atoms with E-state index in [4.69, 9.17) is 4.74 Å². The molecular formula is C60H115NO5. The molecule has 6 heteroatoms. The number of nitrogens with one attached hydrogen (secondary N) is 1. The highest BCUT2D eigenvalue weighted by Gasteiger charge is 2.20. The van der Waals surface area contributed by atoms with E-state index in [0.29, 0.717) is 25.9 Å². The molecule has 0 saturated heterocycles. The highest BCUT2D eigenvalue weighted by Crippen LogP contribution is 2.18. The van der Waals surface area contributed by atoms with E-state index >= 15 is 0 Å². The van der Waals surface area contributed by atoms with Gasteiger partial charge in [0.1, 0.15) is 0 Å². The molecule has 0 rings (SSSR count). The van der Waals surface area contributed by atoms with Crippen LogP contribution in [0.4, 0.5) is 0 Å². The van der Waals surface area contributed by atoms with Gasteiger partial charge in [0.25, 0.3) is 0 Å². The van der Waals surface area contributed by atoms with Crippen LogP contribution >= 0.6 is 0 Å². The standard InChI is InChI=1S/C60H115NO5/c1-3-5-7-9-11-13-14-30-34-38-42-46-50-54-60(65)66-55-51-47-43-39-35-32-29-27-25-23-21-19-17-15-16-18-20-22-24-26-28-31-33-37-41-45-49-53-59(64)61-57(56-62)58(63)52-48-44-40-36-12-10-8-6-4-2/h7,9,13-14,57-58,62-63H,3-6,8,10-12,15-56H2,1-2H3,(H,61,64)/b9-7-,14-13-. The summed E-state index contributed by atoms with van der Waals surface area (Å²) in [6.07, 6.45) is 67.7. The Morgan fingerprint density at radius 2 is 0.788 bits per heavy atom. The van der Waals surface area contributed by atoms with E-state index in [1.54, 1.807) is 0 Å². The fourth-order valence-electron chi connectivity index (χ4n) is 9.21. The predicted octanol–water partition coefficient (Wildman–Crippen LogP) is 18.2. The number of ether oxygens (including phenoxy) is 1. The Morgan fingerprint density at radius 3 is 1.21 bits per heavy atom. The first-order chi connectivity index (χ1) is 32.5. The normalized spacial score (nSPS) is 12.7. The van der Waals surface area contributed by atoms with Gasteiger partial charge in [-0.25, -0.2) is 0 Å². The smallest absolute Gasteiger partial charge is 0.305 e. The van der Waals surface area contributed by atoms with Gasteiger partial charge in [-0.3, -0.25) is 9.59 Å². The zero-order valence-corrected chi connectivity index (χ0v) is 44.4. The maximum Gasteiger partial charge on any atom is 0.305 e. The second-order valence-corrected chi connectivity index (χ2v) is 20.3. The number of esters is 1. The number of aliphatic hydroxyl groups is 2. The van der Waals surface area contributed by atoms with Crippen molar-refractivity contribution in [1.82, 2.24) is 5.32 Å². The Balaban J connectivity index is 3.32. The summed E-state index contributed by atoms with van der Waals surface area (Å²) < 4.78 is 5.47. The molecule has 0 spiro atoms. The molecule has 3 N–H and O–H groups in total. The monoisotopic (exact) mass is 930 g/mol. The molecule has 0 saturated carbocycles. The lowest BCUT2D eigenvalue weighted by Gasteiger charge is -2.22. The highest BCUT2D eigenvalue weighted by molar-refractivity contribution is 5.76. The summed E-state index contributed by atoms with van der Waals surface area (Å²) in [5.74, 6) is -0.0314. The predicted molar refractivity (Wildman–Crippen MR) is 287 cm³/mol. The number of hydrogen-bond donors (Lipinski definition) is 3. The van der Waals surface area contributed by atoms with E-state index in [1.807, 2.05) is 0 Å². The van der Waals surface area contributed by atoms with Crippen molar-refractivity contribution >= 4 is 11.9 Å². The fraction of sp³-hybridized carbons (Fsp3) is 0.900. The van der Waals surface area contributed by atoms with Crippen LogP contribution in [0.1, 0.15) is 322 Å². The molecule has 0 aliphatic rings. The lowest BCUT2D eigenvalue weighted by molar-refractivity contribution is -0.143. The van der Waals surface area contributed by atoms with Crippen molar-refractivity contribution in [3.8, 4) is 0 Å². The van der Waals surface area contributed by atoms with Crippen LogP contribution in [0, 0.1) is 0 Å². The number of carbonyl (C=O) groups is 2. The average molecular weight is 931 g/mol. The van der Waals surface area contributed by atoms with Crippen LogP contribution in [0.5, 0.6) is 0 Å². The summed E-state index contributed by atoms with van der Waals surface area (Å²) in [4.78, 5) is 24.4. The van der Waals surface area contributed by atoms with Crippen molar-refractivity contribution in [2.75, 3.05) is 13.2 Å². The number of unbranched alkanes of at least 4 members (excludes halogenated alkanes) is 40. The molecule has 0 radical (unpaired) electrons. The Kier molecular flexibility index (Phi) is 54.5. The molecule has 1 amide bonds. The summed E-state index contributed by atoms with van der Waals surface area (Å²) in [6.45, 7) is 4.87. The molecule has 2 atom stereocenters. The van der Waals surface area contributed by atoms with Crippen molar-refractivity contribution in [2.24, 2.45) is 0 Å². The van der Waals surface area contributed by atoms with E-state index in [2.05, 4.69) is 43.5 Å². The Hall–Kier alpha value is -1.66. The van der Waals surface area contributed by atoms with E-state index in [1.165, 1.54) is 238 Å². The van der Waals surface area contributed by atoms with Gasteiger partial charge in [-0.1, -0.05) is 282 Å². The van der Waals surface area contributed by atoms with E-state index in [-0.39, 0.29) is 18.5 Å². The minimum Gasteiger partial charge on any atom is -0.466 e. The average Bonchev–Trinajstić information content (AvgIpc) is 3.32. The molecule has 0 aromatic carbocycles. The van der Waals surface area contributed by atoms with Crippen LogP contribution in [0.3, 0.4) is 0 Å². The first-order valence-corrected chi connectivity index (χ1v) is 29.6. The topological polar surface area (TPSA) is 95.9 Å². The largest absolute Gasteiger partial charge is 0.466 e. The number of aliphatic hydroxyl groups excluding tert-OH is 2. The van der Waals surface area contributed by atoms with Gasteiger partial charge in [-0.15, -0.1) is 0 Å². The summed E-state index contributed by atoms with van der Waals surface area (Å²) in [6, 6.07) is -0.536. The van der Waals surface area contributed by atoms with Gasteiger partial charge in [-0.2, -0.15) is 0 Å². The molecular weight excluding hydrogens is 815 g/mol. The quantitative estimate of drug-likeness (QED) is 0.0321. The zero-order chi connectivity index (χ0) is 47.9. The van der Waals surface area contributed by atoms with Gasteiger partial charge in [-0.05, 0) is 51.4 Å². The van der Waals surface area contributed by atoms with Crippen molar-refractivity contribution in [1.29, 1.82) is 0 Å². The summed E-state index contributed by atoms with van der Waals surface area (Å²) in [5.41, 5.74) is 0. The summed E-state index contributed by atoms with van der Waals surface area (Å²) in [5, 5.41) is 23.1. The van der Waals surface area contributed by atoms with Crippen molar-refractivity contribution in [3.05, 3.63) is 24.3 Å². The van der Waals surface area contributed by atoms with E-state index in [0.717, 1.165) is 51.4 Å². The maximum absolute atomic E-state index is 12.4. The Bertz CT molecular complexity index is 1030. The molecule has 390 valence electrons. The Morgan fingerprint density at radius 1 is 0.424 bits per heavy atom. The fourth-order valence-corrected chi connectivity index (χ4v) is 9.21. The molecule has 0 aromatic heterocycles. The highest BCUT2D eigenvalue weighted by atomic mass is 16.5. The maximum atomic E-state index is 12.4. The summed E-state index contributed by atoms with van der Waals surface area (Å²) >= 11 is 0. The molecule has 0 bridgehead atoms. The molecule has 0 aliphatic heterocycles. The molecule has 2 unspecified atom stereocenters. The van der Waals surface area contributed by atoms with Gasteiger partial charge in [0, 0.05) is 12.8 Å². The van der Waals surface area contributed by atoms with Crippen molar-refractivity contribution in [3.63, 3.8) is 0 Å². The third-order valence-corrected chi connectivity index (χ3v) is 13.7. The van der Waals surface area contributed by atoms with E-state index in [9.17, 15) is 19.8 Å². The van der Waals surface area contributed by atoms with Crippen LogP contribution in [0.25, 0.3) is 0 Å². The second-order valence-electron chi connectivity index (χ2n) is 20.3. The molecule has 66 heavy (non-hydrogen) atoms. The molecule has 0 fully saturated rings. The molecule has 0 aliphatic carbocycles. The van der Waals surface area contributed by atoms with Crippen LogP contribution in [0.2, 0.25) is 0 Å². The van der Waals surface area contributed by atoms with Gasteiger partial charge < -0.3 is 20.3 Å². The van der Waals surface area contributed by atoms with Crippen LogP contribution < -0.4 is 5.32 Å². The van der Waals surface area contributed by atoms with Gasteiger partial charge in [0.05, 0.1) is 25.4 Å². The minimum absolute atomic E-state index is 0.00259. The molecule has 0 heterocycles. The first-order valence-electron chi connectivity index (χ1n) is 29.6. The third-order valence-electron chi connectivity index (χ3n) is 13.7. The number of amides is 1. The summed E-state index contributed by atoms with van der Waals surface area (Å²) in [7, 11) is 0. The van der Waals surface area contributed by atoms with Crippen molar-refractivity contribution < 1.29 is 24.5 Å². The van der Waals surface area contributed by atoms with Crippen LogP contribution in [-0.4, -0.2) is 47.4 Å². The second kappa shape index (κ2) is 55.9. The number of carbonyl (C=O) groups excluding carboxylic acids is 2. The molecule has 0 aromatic rings. The Labute approximate surface area is 411 Å². The lowest BCUT2D eigenvalue weighted by atomic mass is 10.0. The van der Waals surface area contributed by atoms with Crippen molar-refractivity contribution in [2.45, 2.75) is 334 Å². The third kappa shape index (κ3) is 51.7. The minimum atomic E-state index is -0.659. The van der Waals surface area contributed by atoms with E-state index < -0.39 is 12.1 Å².